The van der Waals surface area contributed by atoms with Crippen LogP contribution in [0.1, 0.15) is 41.8 Å². The standard InChI is InChI=1S/C33H42N2O7S/c1-23(2)20-35(43(38,39)28-13-11-26(40-4)12-14-28)21-31(36)30(19-25-8-6-5-7-9-25)34-33(37)29-15-10-24(3)18-32(29)42-27-16-17-41-22-27/h5-15,18,23,27,30-31,36H,16-17,19-22H2,1-4H3,(H,34,37)/t27-,30+,31-/m1/s1. The number of benzene rings is 3. The highest BCUT2D eigenvalue weighted by Gasteiger charge is 2.32. The molecule has 0 saturated carbocycles. The molecular weight excluding hydrogens is 568 g/mol. The summed E-state index contributed by atoms with van der Waals surface area (Å²) in [6, 6.07) is 20.2. The average molecular weight is 611 g/mol. The highest BCUT2D eigenvalue weighted by atomic mass is 32.2. The third-order valence-electron chi connectivity index (χ3n) is 7.30. The third kappa shape index (κ3) is 8.79. The molecule has 0 radical (unpaired) electrons. The second-order valence-corrected chi connectivity index (χ2v) is 13.3. The van der Waals surface area contributed by atoms with Crippen molar-refractivity contribution in [3.8, 4) is 11.5 Å². The normalized spacial score (nSPS) is 16.7. The first-order valence-electron chi connectivity index (χ1n) is 14.6. The van der Waals surface area contributed by atoms with Crippen molar-refractivity contribution >= 4 is 15.9 Å². The maximum Gasteiger partial charge on any atom is 0.255 e. The Labute approximate surface area is 254 Å². The minimum Gasteiger partial charge on any atom is -0.497 e. The lowest BCUT2D eigenvalue weighted by molar-refractivity contribution is 0.0769. The van der Waals surface area contributed by atoms with Crippen molar-refractivity contribution in [2.45, 2.75) is 56.8 Å². The van der Waals surface area contributed by atoms with E-state index in [2.05, 4.69) is 5.32 Å². The Kier molecular flexibility index (Phi) is 11.2. The van der Waals surface area contributed by atoms with Crippen molar-refractivity contribution in [3.05, 3.63) is 89.5 Å². The number of carbonyl (C=O) groups is 1. The lowest BCUT2D eigenvalue weighted by atomic mass is 10.00. The summed E-state index contributed by atoms with van der Waals surface area (Å²) < 4.78 is 45.5. The molecule has 1 heterocycles. The van der Waals surface area contributed by atoms with Gasteiger partial charge < -0.3 is 24.6 Å². The summed E-state index contributed by atoms with van der Waals surface area (Å²) >= 11 is 0. The van der Waals surface area contributed by atoms with Gasteiger partial charge in [0.15, 0.2) is 0 Å². The number of aliphatic hydroxyl groups excluding tert-OH is 1. The van der Waals surface area contributed by atoms with Gasteiger partial charge >= 0.3 is 0 Å². The fourth-order valence-corrected chi connectivity index (χ4v) is 6.63. The van der Waals surface area contributed by atoms with Gasteiger partial charge in [0.1, 0.15) is 17.6 Å². The Bertz CT molecular complexity index is 1440. The highest BCUT2D eigenvalue weighted by molar-refractivity contribution is 7.89. The summed E-state index contributed by atoms with van der Waals surface area (Å²) in [4.78, 5) is 13.8. The second kappa shape index (κ2) is 14.8. The van der Waals surface area contributed by atoms with Crippen LogP contribution in [0.2, 0.25) is 0 Å². The van der Waals surface area contributed by atoms with E-state index in [0.29, 0.717) is 36.7 Å². The van der Waals surface area contributed by atoms with Crippen LogP contribution in [0.3, 0.4) is 0 Å². The van der Waals surface area contributed by atoms with E-state index >= 15 is 0 Å². The summed E-state index contributed by atoms with van der Waals surface area (Å²) in [5, 5.41) is 14.6. The summed E-state index contributed by atoms with van der Waals surface area (Å²) in [6.07, 6.45) is -0.330. The predicted molar refractivity (Wildman–Crippen MR) is 165 cm³/mol. The van der Waals surface area contributed by atoms with Crippen molar-refractivity contribution in [2.75, 3.05) is 33.4 Å². The van der Waals surface area contributed by atoms with Crippen LogP contribution in [0.25, 0.3) is 0 Å². The summed E-state index contributed by atoms with van der Waals surface area (Å²) in [5.74, 6) is 0.570. The number of sulfonamides is 1. The number of rotatable bonds is 14. The number of amides is 1. The van der Waals surface area contributed by atoms with Crippen molar-refractivity contribution in [1.82, 2.24) is 9.62 Å². The fourth-order valence-electron chi connectivity index (χ4n) is 5.01. The van der Waals surface area contributed by atoms with E-state index in [1.54, 1.807) is 18.2 Å². The molecule has 4 rings (SSSR count). The first-order chi connectivity index (χ1) is 20.6. The van der Waals surface area contributed by atoms with E-state index in [1.165, 1.54) is 23.5 Å². The topological polar surface area (TPSA) is 114 Å². The van der Waals surface area contributed by atoms with Gasteiger partial charge in [-0.3, -0.25) is 4.79 Å². The van der Waals surface area contributed by atoms with Crippen molar-refractivity contribution in [3.63, 3.8) is 0 Å². The number of nitrogens with zero attached hydrogens (tertiary/aromatic N) is 1. The molecule has 0 aliphatic carbocycles. The largest absolute Gasteiger partial charge is 0.497 e. The zero-order valence-corrected chi connectivity index (χ0v) is 26.0. The van der Waals surface area contributed by atoms with Gasteiger partial charge in [0.05, 0.1) is 42.9 Å². The zero-order valence-electron chi connectivity index (χ0n) is 25.2. The minimum absolute atomic E-state index is 0.00535. The number of aryl methyl sites for hydroxylation is 1. The molecule has 0 spiro atoms. The molecule has 3 aromatic carbocycles. The second-order valence-electron chi connectivity index (χ2n) is 11.3. The van der Waals surface area contributed by atoms with E-state index in [4.69, 9.17) is 14.2 Å². The summed E-state index contributed by atoms with van der Waals surface area (Å²) in [7, 11) is -2.44. The van der Waals surface area contributed by atoms with Gasteiger partial charge in [-0.25, -0.2) is 8.42 Å². The molecule has 1 fully saturated rings. The van der Waals surface area contributed by atoms with E-state index in [1.807, 2.05) is 63.2 Å². The Balaban J connectivity index is 1.60. The molecule has 0 aromatic heterocycles. The van der Waals surface area contributed by atoms with E-state index < -0.39 is 28.1 Å². The van der Waals surface area contributed by atoms with Gasteiger partial charge in [-0.2, -0.15) is 4.31 Å². The highest BCUT2D eigenvalue weighted by Crippen LogP contribution is 2.25. The molecule has 1 saturated heterocycles. The van der Waals surface area contributed by atoms with Gasteiger partial charge in [-0.15, -0.1) is 0 Å². The maximum atomic E-state index is 13.7. The summed E-state index contributed by atoms with van der Waals surface area (Å²) in [5.41, 5.74) is 2.18. The lowest BCUT2D eigenvalue weighted by Crippen LogP contribution is -2.51. The number of carbonyl (C=O) groups excluding carboxylic acids is 1. The number of ether oxygens (including phenoxy) is 3. The molecule has 0 bridgehead atoms. The number of nitrogens with one attached hydrogen (secondary N) is 1. The molecule has 9 nitrogen and oxygen atoms in total. The minimum atomic E-state index is -3.95. The Morgan fingerprint density at radius 3 is 2.42 bits per heavy atom. The van der Waals surface area contributed by atoms with Gasteiger partial charge in [0, 0.05) is 19.5 Å². The van der Waals surface area contributed by atoms with Gasteiger partial charge in [-0.1, -0.05) is 50.2 Å². The average Bonchev–Trinajstić information content (AvgIpc) is 3.50. The summed E-state index contributed by atoms with van der Waals surface area (Å²) in [6.45, 7) is 6.81. The van der Waals surface area contributed by atoms with E-state index in [9.17, 15) is 18.3 Å². The molecule has 1 aliphatic heterocycles. The molecule has 1 aliphatic rings. The third-order valence-corrected chi connectivity index (χ3v) is 9.15. The first-order valence-corrected chi connectivity index (χ1v) is 16.0. The van der Waals surface area contributed by atoms with Crippen LogP contribution >= 0.6 is 0 Å². The molecule has 1 amide bonds. The Hall–Kier alpha value is -3.44. The monoisotopic (exact) mass is 610 g/mol. The predicted octanol–water partition coefficient (Wildman–Crippen LogP) is 4.22. The van der Waals surface area contributed by atoms with Crippen LogP contribution in [-0.2, 0) is 21.2 Å². The number of methoxy groups -OCH3 is 1. The van der Waals surface area contributed by atoms with E-state index in [-0.39, 0.29) is 30.0 Å². The molecule has 10 heteroatoms. The van der Waals surface area contributed by atoms with Gasteiger partial charge in [0.25, 0.3) is 5.91 Å². The van der Waals surface area contributed by atoms with Crippen LogP contribution in [0.5, 0.6) is 11.5 Å². The molecule has 2 N–H and O–H groups in total. The van der Waals surface area contributed by atoms with Crippen LogP contribution in [-0.4, -0.2) is 75.4 Å². The number of hydrogen-bond donors (Lipinski definition) is 2. The fraction of sp³-hybridized carbons (Fsp3) is 0.424. The quantitative estimate of drug-likeness (QED) is 0.281. The number of aliphatic hydroxyl groups is 1. The van der Waals surface area contributed by atoms with Crippen molar-refractivity contribution in [2.24, 2.45) is 5.92 Å². The van der Waals surface area contributed by atoms with Gasteiger partial charge in [-0.05, 0) is 66.8 Å². The van der Waals surface area contributed by atoms with Crippen LogP contribution in [0.4, 0.5) is 0 Å². The van der Waals surface area contributed by atoms with Crippen molar-refractivity contribution in [1.29, 1.82) is 0 Å². The lowest BCUT2D eigenvalue weighted by Gasteiger charge is -2.31. The Morgan fingerprint density at radius 2 is 1.79 bits per heavy atom. The van der Waals surface area contributed by atoms with Gasteiger partial charge in [0.2, 0.25) is 10.0 Å². The van der Waals surface area contributed by atoms with Crippen LogP contribution < -0.4 is 14.8 Å². The molecule has 0 unspecified atom stereocenters. The molecule has 3 aromatic rings. The smallest absolute Gasteiger partial charge is 0.255 e. The SMILES string of the molecule is COc1ccc(S(=O)(=O)N(CC(C)C)C[C@@H](O)[C@H](Cc2ccccc2)NC(=O)c2ccc(C)cc2O[C@@H]2CCOC2)cc1. The van der Waals surface area contributed by atoms with Crippen molar-refractivity contribution < 1.29 is 32.5 Å². The first kappa shape index (κ1) is 32.5. The van der Waals surface area contributed by atoms with Crippen LogP contribution in [0, 0.1) is 12.8 Å². The molecule has 232 valence electrons. The van der Waals surface area contributed by atoms with E-state index in [0.717, 1.165) is 17.5 Å². The molecule has 43 heavy (non-hydrogen) atoms. The zero-order chi connectivity index (χ0) is 31.0. The van der Waals surface area contributed by atoms with Crippen LogP contribution in [0.15, 0.2) is 77.7 Å². The molecule has 3 atom stereocenters. The number of hydrogen-bond acceptors (Lipinski definition) is 7. The maximum absolute atomic E-state index is 13.7. The molecular formula is C33H42N2O7S. The Morgan fingerprint density at radius 1 is 1.07 bits per heavy atom.